The number of hydrogen-bond acceptors (Lipinski definition) is 8. The quantitative estimate of drug-likeness (QED) is 0.160. The predicted octanol–water partition coefficient (Wildman–Crippen LogP) is 7.89. The third-order valence-electron chi connectivity index (χ3n) is 9.91. The molecular weight excluding hydrogens is 705 g/mol. The number of sulfone groups is 1. The second kappa shape index (κ2) is 15.9. The van der Waals surface area contributed by atoms with E-state index < -0.39 is 44.5 Å². The van der Waals surface area contributed by atoms with E-state index in [9.17, 15) is 18.0 Å². The first-order valence-corrected chi connectivity index (χ1v) is 19.6. The average molecular weight is 748 g/mol. The molecule has 2 unspecified atom stereocenters. The van der Waals surface area contributed by atoms with Crippen LogP contribution in [0.3, 0.4) is 0 Å². The lowest BCUT2D eigenvalue weighted by atomic mass is 9.75. The van der Waals surface area contributed by atoms with Crippen molar-refractivity contribution in [1.29, 1.82) is 0 Å². The number of halogens is 2. The molecule has 6 rings (SSSR count). The van der Waals surface area contributed by atoms with Gasteiger partial charge in [-0.2, -0.15) is 0 Å². The number of aromatic nitrogens is 3. The van der Waals surface area contributed by atoms with Crippen LogP contribution < -0.4 is 4.74 Å². The zero-order chi connectivity index (χ0) is 37.8. The molecule has 0 saturated carbocycles. The summed E-state index contributed by atoms with van der Waals surface area (Å²) in [5.74, 6) is -2.85. The maximum absolute atomic E-state index is 15.9. The Morgan fingerprint density at radius 3 is 2.60 bits per heavy atom. The molecule has 280 valence electrons. The lowest BCUT2D eigenvalue weighted by Crippen LogP contribution is -2.36. The molecule has 3 heterocycles. The summed E-state index contributed by atoms with van der Waals surface area (Å²) in [4.78, 5) is 36.3. The van der Waals surface area contributed by atoms with Crippen molar-refractivity contribution in [2.45, 2.75) is 76.4 Å². The minimum atomic E-state index is -4.10. The minimum Gasteiger partial charge on any atom is -0.466 e. The van der Waals surface area contributed by atoms with Crippen LogP contribution in [0.15, 0.2) is 67.0 Å². The van der Waals surface area contributed by atoms with Crippen LogP contribution in [0.4, 0.5) is 8.78 Å². The first-order valence-electron chi connectivity index (χ1n) is 17.9. The molecule has 1 aliphatic rings. The Labute approximate surface area is 307 Å². The Morgan fingerprint density at radius 2 is 1.81 bits per heavy atom. The Hall–Kier alpha value is -5.04. The lowest BCUT2D eigenvalue weighted by Gasteiger charge is -2.30. The molecule has 0 fully saturated rings. The van der Waals surface area contributed by atoms with Crippen molar-refractivity contribution in [1.82, 2.24) is 15.0 Å². The molecule has 0 spiro atoms. The molecule has 53 heavy (non-hydrogen) atoms. The molecule has 5 aromatic rings. The van der Waals surface area contributed by atoms with Gasteiger partial charge in [-0.25, -0.2) is 22.2 Å². The van der Waals surface area contributed by atoms with Gasteiger partial charge >= 0.3 is 11.9 Å². The van der Waals surface area contributed by atoms with Crippen molar-refractivity contribution in [3.05, 3.63) is 101 Å². The standard InChI is InChI=1S/C40H43F2N3O7S/c1-4-50-36(46)15-12-25-10-9-11-26(20-25)40(3)17-7-6-8-19-53(48,49)34(39(47)51-5-2)22-29-28-16-18-43-33(28)23-32(42)37(29)52-27-13-14-31(41)30(21-27)38-44-24-35(40)45-38/h9-11,13-14,16,18,20-21,23-24,34,43H,4-8,12,15,17,19,22H2,1-3H3,(H,44,45). The number of imidazole rings is 1. The Morgan fingerprint density at radius 1 is 1.00 bits per heavy atom. The van der Waals surface area contributed by atoms with E-state index >= 15 is 8.78 Å². The topological polar surface area (TPSA) is 140 Å². The smallest absolute Gasteiger partial charge is 0.324 e. The van der Waals surface area contributed by atoms with E-state index in [1.807, 2.05) is 31.2 Å². The third-order valence-corrected chi connectivity index (χ3v) is 12.0. The van der Waals surface area contributed by atoms with Gasteiger partial charge in [-0.15, -0.1) is 0 Å². The number of fused-ring (bicyclic) bond motifs is 8. The van der Waals surface area contributed by atoms with Crippen molar-refractivity contribution in [3.8, 4) is 22.9 Å². The second-order valence-electron chi connectivity index (χ2n) is 13.5. The van der Waals surface area contributed by atoms with E-state index in [1.165, 1.54) is 24.3 Å². The van der Waals surface area contributed by atoms with E-state index in [-0.39, 0.29) is 59.6 Å². The fourth-order valence-electron chi connectivity index (χ4n) is 7.00. The number of nitrogens with one attached hydrogen (secondary N) is 2. The van der Waals surface area contributed by atoms with Crippen LogP contribution in [0.5, 0.6) is 11.5 Å². The van der Waals surface area contributed by atoms with Gasteiger partial charge in [-0.05, 0) is 75.4 Å². The molecule has 0 saturated heterocycles. The van der Waals surface area contributed by atoms with Crippen LogP contribution in [-0.2, 0) is 47.2 Å². The van der Waals surface area contributed by atoms with E-state index in [0.29, 0.717) is 48.9 Å². The van der Waals surface area contributed by atoms with E-state index in [4.69, 9.17) is 14.2 Å². The number of aromatic amines is 2. The number of rotatable bonds is 7. The molecule has 2 aromatic heterocycles. The van der Waals surface area contributed by atoms with Crippen molar-refractivity contribution in [3.63, 3.8) is 0 Å². The van der Waals surface area contributed by atoms with Gasteiger partial charge in [0.2, 0.25) is 0 Å². The highest BCUT2D eigenvalue weighted by Crippen LogP contribution is 2.40. The monoisotopic (exact) mass is 747 g/mol. The molecule has 0 aliphatic carbocycles. The van der Waals surface area contributed by atoms with Crippen LogP contribution in [0.1, 0.15) is 75.3 Å². The first kappa shape index (κ1) is 37.7. The molecule has 10 nitrogen and oxygen atoms in total. The average Bonchev–Trinajstić information content (AvgIpc) is 3.82. The van der Waals surface area contributed by atoms with Crippen LogP contribution in [0.25, 0.3) is 22.3 Å². The fraction of sp³-hybridized carbons (Fsp3) is 0.375. The molecule has 2 atom stereocenters. The highest BCUT2D eigenvalue weighted by Gasteiger charge is 2.37. The van der Waals surface area contributed by atoms with Gasteiger partial charge in [0.05, 0.1) is 24.5 Å². The van der Waals surface area contributed by atoms with E-state index in [2.05, 4.69) is 15.0 Å². The number of aryl methyl sites for hydroxylation is 1. The molecule has 4 bridgehead atoms. The molecule has 13 heteroatoms. The number of esters is 2. The van der Waals surface area contributed by atoms with Crippen LogP contribution in [-0.4, -0.2) is 59.5 Å². The summed E-state index contributed by atoms with van der Waals surface area (Å²) in [6.07, 6.45) is 5.51. The number of benzene rings is 3. The Balaban J connectivity index is 1.45. The number of ether oxygens (including phenoxy) is 3. The summed E-state index contributed by atoms with van der Waals surface area (Å²) in [6.45, 7) is 5.67. The third kappa shape index (κ3) is 8.14. The number of nitrogens with zero attached hydrogens (tertiary/aromatic N) is 1. The molecule has 1 aliphatic heterocycles. The minimum absolute atomic E-state index is 0.0360. The number of hydrogen-bond donors (Lipinski definition) is 2. The van der Waals surface area contributed by atoms with Gasteiger partial charge in [0, 0.05) is 58.9 Å². The molecule has 3 aromatic carbocycles. The van der Waals surface area contributed by atoms with Gasteiger partial charge in [0.1, 0.15) is 17.4 Å². The van der Waals surface area contributed by atoms with Gasteiger partial charge < -0.3 is 24.2 Å². The van der Waals surface area contributed by atoms with Gasteiger partial charge in [-0.3, -0.25) is 9.59 Å². The van der Waals surface area contributed by atoms with Gasteiger partial charge in [-0.1, -0.05) is 37.1 Å². The Bertz CT molecular complexity index is 2230. The molecular formula is C40H43F2N3O7S. The fourth-order valence-corrected chi connectivity index (χ4v) is 8.68. The number of carbonyl (C=O) groups excluding carboxylic acids is 2. The van der Waals surface area contributed by atoms with Crippen LogP contribution in [0.2, 0.25) is 0 Å². The van der Waals surface area contributed by atoms with Gasteiger partial charge in [0.15, 0.2) is 26.7 Å². The maximum atomic E-state index is 15.9. The van der Waals surface area contributed by atoms with Crippen molar-refractivity contribution in [2.75, 3.05) is 19.0 Å². The predicted molar refractivity (Wildman–Crippen MR) is 197 cm³/mol. The van der Waals surface area contributed by atoms with Crippen molar-refractivity contribution >= 4 is 32.7 Å². The van der Waals surface area contributed by atoms with E-state index in [0.717, 1.165) is 11.1 Å². The summed E-state index contributed by atoms with van der Waals surface area (Å²) in [5, 5.41) is -1.14. The molecule has 0 radical (unpaired) electrons. The largest absolute Gasteiger partial charge is 0.466 e. The second-order valence-corrected chi connectivity index (χ2v) is 15.8. The molecule has 0 amide bonds. The maximum Gasteiger partial charge on any atom is 0.324 e. The SMILES string of the molecule is CCOC(=O)CCc1cccc(C2(C)CCCCCS(=O)(=O)C(C(=O)OCC)Cc3c(c(F)cc4[nH]ccc34)Oc3ccc(F)c(c3)-c3ncc2[nH]3)c1. The summed E-state index contributed by atoms with van der Waals surface area (Å²) < 4.78 is 75.8. The summed E-state index contributed by atoms with van der Waals surface area (Å²) in [7, 11) is -4.10. The normalized spacial score (nSPS) is 19.0. The van der Waals surface area contributed by atoms with Crippen molar-refractivity contribution < 1.29 is 41.0 Å². The summed E-state index contributed by atoms with van der Waals surface area (Å²) in [5.41, 5.74) is 2.52. The van der Waals surface area contributed by atoms with Crippen molar-refractivity contribution in [2.24, 2.45) is 0 Å². The van der Waals surface area contributed by atoms with Crippen LogP contribution >= 0.6 is 0 Å². The van der Waals surface area contributed by atoms with E-state index in [1.54, 1.807) is 32.3 Å². The summed E-state index contributed by atoms with van der Waals surface area (Å²) >= 11 is 0. The molecule has 2 N–H and O–H groups in total. The highest BCUT2D eigenvalue weighted by atomic mass is 32.2. The lowest BCUT2D eigenvalue weighted by molar-refractivity contribution is -0.143. The van der Waals surface area contributed by atoms with Gasteiger partial charge in [0.25, 0.3) is 0 Å². The summed E-state index contributed by atoms with van der Waals surface area (Å²) in [6, 6.07) is 14.7. The highest BCUT2D eigenvalue weighted by molar-refractivity contribution is 7.92. The van der Waals surface area contributed by atoms with Crippen LogP contribution in [0, 0.1) is 11.6 Å². The number of H-pyrrole nitrogens is 2. The zero-order valence-electron chi connectivity index (χ0n) is 30.0. The first-order chi connectivity index (χ1) is 25.4. The zero-order valence-corrected chi connectivity index (χ0v) is 30.8. The number of carbonyl (C=O) groups is 2. The Kier molecular flexibility index (Phi) is 11.3.